The van der Waals surface area contributed by atoms with Gasteiger partial charge in [0.1, 0.15) is 16.9 Å². The van der Waals surface area contributed by atoms with Crippen molar-refractivity contribution in [1.29, 1.82) is 0 Å². The lowest BCUT2D eigenvalue weighted by molar-refractivity contribution is 0.103. The third-order valence-corrected chi connectivity index (χ3v) is 7.32. The summed E-state index contributed by atoms with van der Waals surface area (Å²) < 4.78 is 16.5. The molecule has 2 aliphatic rings. The Morgan fingerprint density at radius 1 is 1.25 bits per heavy atom. The van der Waals surface area contributed by atoms with Gasteiger partial charge in [-0.05, 0) is 45.4 Å². The van der Waals surface area contributed by atoms with Gasteiger partial charge in [-0.25, -0.2) is 19.0 Å². The van der Waals surface area contributed by atoms with Crippen LogP contribution in [-0.2, 0) is 0 Å². The van der Waals surface area contributed by atoms with Crippen LogP contribution in [0.4, 0.5) is 4.39 Å². The summed E-state index contributed by atoms with van der Waals surface area (Å²) in [5, 5.41) is 6.91. The van der Waals surface area contributed by atoms with E-state index in [1.54, 1.807) is 13.1 Å². The van der Waals surface area contributed by atoms with Crippen LogP contribution >= 0.6 is 22.9 Å². The van der Waals surface area contributed by atoms with E-state index in [1.165, 1.54) is 11.3 Å². The van der Waals surface area contributed by atoms with Crippen LogP contribution in [0.25, 0.3) is 11.0 Å². The predicted molar refractivity (Wildman–Crippen MR) is 107 cm³/mol. The Morgan fingerprint density at radius 3 is 2.64 bits per heavy atom. The van der Waals surface area contributed by atoms with E-state index in [-0.39, 0.29) is 23.4 Å². The number of rotatable bonds is 3. The van der Waals surface area contributed by atoms with Gasteiger partial charge in [-0.3, -0.25) is 4.79 Å². The summed E-state index contributed by atoms with van der Waals surface area (Å²) in [6, 6.07) is 0.0815. The maximum Gasteiger partial charge on any atom is 0.262 e. The first-order chi connectivity index (χ1) is 13.4. The third kappa shape index (κ3) is 3.06. The molecule has 0 saturated heterocycles. The van der Waals surface area contributed by atoms with Crippen molar-refractivity contribution >= 4 is 34.0 Å². The van der Waals surface area contributed by atoms with E-state index in [9.17, 15) is 9.18 Å². The summed E-state index contributed by atoms with van der Waals surface area (Å²) in [5.41, 5.74) is 0.299. The highest BCUT2D eigenvalue weighted by molar-refractivity contribution is 7.13. The van der Waals surface area contributed by atoms with Crippen LogP contribution in [0, 0.1) is 0 Å². The van der Waals surface area contributed by atoms with Gasteiger partial charge in [0.05, 0.1) is 17.9 Å². The number of halogens is 2. The first-order valence-corrected chi connectivity index (χ1v) is 10.9. The highest BCUT2D eigenvalue weighted by Crippen LogP contribution is 2.48. The van der Waals surface area contributed by atoms with Crippen molar-refractivity contribution in [2.75, 3.05) is 0 Å². The fraction of sp³-hybridized carbons (Fsp3) is 0.579. The van der Waals surface area contributed by atoms with Crippen molar-refractivity contribution in [2.24, 2.45) is 0 Å². The van der Waals surface area contributed by atoms with Crippen LogP contribution in [0.1, 0.15) is 74.8 Å². The van der Waals surface area contributed by atoms with Crippen LogP contribution in [0.3, 0.4) is 0 Å². The normalized spacial score (nSPS) is 30.5. The fourth-order valence-corrected chi connectivity index (χ4v) is 5.29. The van der Waals surface area contributed by atoms with Crippen molar-refractivity contribution in [3.8, 4) is 0 Å². The number of hydrogen-bond acceptors (Lipinski definition) is 5. The van der Waals surface area contributed by atoms with Crippen LogP contribution < -0.4 is 5.56 Å². The van der Waals surface area contributed by atoms with Crippen molar-refractivity contribution in [1.82, 2.24) is 24.7 Å². The lowest BCUT2D eigenvalue weighted by Gasteiger charge is -2.34. The first-order valence-electron chi connectivity index (χ1n) is 9.68. The zero-order valence-corrected chi connectivity index (χ0v) is 17.1. The SMILES string of the molecule is CC1(F)CCC(n2ncc3c(=O)[nH]c([C@@H]4CC[C@@H]4c4csc(Cl)n4)nc32)CC1. The predicted octanol–water partition coefficient (Wildman–Crippen LogP) is 4.73. The number of alkyl halides is 1. The number of thiazole rings is 1. The molecule has 0 spiro atoms. The van der Waals surface area contributed by atoms with Gasteiger partial charge in [-0.15, -0.1) is 11.3 Å². The molecule has 3 aromatic heterocycles. The molecule has 0 aromatic carbocycles. The van der Waals surface area contributed by atoms with Gasteiger partial charge in [0.15, 0.2) is 10.1 Å². The van der Waals surface area contributed by atoms with E-state index in [2.05, 4.69) is 15.1 Å². The molecular weight excluding hydrogens is 401 g/mol. The molecule has 0 bridgehead atoms. The Kier molecular flexibility index (Phi) is 4.32. The Hall–Kier alpha value is -1.80. The molecule has 2 saturated carbocycles. The highest BCUT2D eigenvalue weighted by Gasteiger charge is 2.38. The minimum atomic E-state index is -1.11. The Morgan fingerprint density at radius 2 is 2.00 bits per heavy atom. The molecule has 3 aromatic rings. The van der Waals surface area contributed by atoms with Gasteiger partial charge in [0.25, 0.3) is 5.56 Å². The maximum atomic E-state index is 14.2. The number of hydrogen-bond donors (Lipinski definition) is 1. The number of H-pyrrole nitrogens is 1. The molecule has 2 aliphatic carbocycles. The van der Waals surface area contributed by atoms with Crippen LogP contribution in [0.2, 0.25) is 4.47 Å². The molecule has 0 aliphatic heterocycles. The van der Waals surface area contributed by atoms with E-state index < -0.39 is 5.67 Å². The van der Waals surface area contributed by atoms with E-state index in [4.69, 9.17) is 16.6 Å². The van der Waals surface area contributed by atoms with E-state index in [0.717, 1.165) is 18.5 Å². The summed E-state index contributed by atoms with van der Waals surface area (Å²) in [4.78, 5) is 24.8. The van der Waals surface area contributed by atoms with E-state index >= 15 is 0 Å². The first kappa shape index (κ1) is 18.2. The smallest absolute Gasteiger partial charge is 0.262 e. The zero-order chi connectivity index (χ0) is 19.5. The molecule has 2 atom stereocenters. The Labute approximate surface area is 170 Å². The highest BCUT2D eigenvalue weighted by atomic mass is 35.5. The van der Waals surface area contributed by atoms with Gasteiger partial charge < -0.3 is 4.98 Å². The monoisotopic (exact) mass is 421 g/mol. The standard InChI is InChI=1S/C19H21ClFN5OS/c1-19(21)6-4-10(5-7-19)26-16-13(8-22-26)17(27)25-15(24-16)12-3-2-11(12)14-9-28-18(20)23-14/h8-12H,2-7H2,1H3,(H,24,25,27)/t10?,11-,12+,19?/m0/s1. The van der Waals surface area contributed by atoms with E-state index in [1.807, 2.05) is 10.1 Å². The Bertz CT molecular complexity index is 1080. The van der Waals surface area contributed by atoms with Crippen molar-refractivity contribution < 1.29 is 4.39 Å². The van der Waals surface area contributed by atoms with Gasteiger partial charge >= 0.3 is 0 Å². The Balaban J connectivity index is 1.49. The number of nitrogens with zero attached hydrogens (tertiary/aromatic N) is 4. The molecule has 0 radical (unpaired) electrons. The quantitative estimate of drug-likeness (QED) is 0.663. The van der Waals surface area contributed by atoms with Crippen LogP contribution in [0.5, 0.6) is 0 Å². The third-order valence-electron chi connectivity index (χ3n) is 6.32. The van der Waals surface area contributed by atoms with Gasteiger partial charge in [-0.1, -0.05) is 11.6 Å². The number of fused-ring (bicyclic) bond motifs is 1. The molecule has 0 unspecified atom stereocenters. The number of aromatic amines is 1. The van der Waals surface area contributed by atoms with Crippen LogP contribution in [0.15, 0.2) is 16.4 Å². The molecular formula is C19H21ClFN5OS. The lowest BCUT2D eigenvalue weighted by Crippen LogP contribution is -2.29. The number of aromatic nitrogens is 5. The minimum Gasteiger partial charge on any atom is -0.310 e. The maximum absolute atomic E-state index is 14.2. The number of nitrogens with one attached hydrogen (secondary N) is 1. The van der Waals surface area contributed by atoms with Crippen molar-refractivity contribution in [3.63, 3.8) is 0 Å². The molecule has 3 heterocycles. The fourth-order valence-electron chi connectivity index (χ4n) is 4.46. The molecule has 6 nitrogen and oxygen atoms in total. The van der Waals surface area contributed by atoms with Gasteiger partial charge in [0.2, 0.25) is 0 Å². The topological polar surface area (TPSA) is 76.5 Å². The molecule has 0 amide bonds. The largest absolute Gasteiger partial charge is 0.310 e. The second kappa shape index (κ2) is 6.62. The average Bonchev–Trinajstić information content (AvgIpc) is 3.21. The van der Waals surface area contributed by atoms with Gasteiger partial charge in [-0.2, -0.15) is 5.10 Å². The molecule has 2 fully saturated rings. The second-order valence-electron chi connectivity index (χ2n) is 8.24. The molecule has 148 valence electrons. The molecule has 5 rings (SSSR count). The van der Waals surface area contributed by atoms with Crippen molar-refractivity contribution in [3.05, 3.63) is 37.9 Å². The second-order valence-corrected chi connectivity index (χ2v) is 9.68. The van der Waals surface area contributed by atoms with Crippen LogP contribution in [-0.4, -0.2) is 30.4 Å². The minimum absolute atomic E-state index is 0.0815. The molecule has 28 heavy (non-hydrogen) atoms. The summed E-state index contributed by atoms with van der Waals surface area (Å²) in [5.74, 6) is 1.03. The van der Waals surface area contributed by atoms with E-state index in [0.29, 0.717) is 47.0 Å². The van der Waals surface area contributed by atoms with Crippen molar-refractivity contribution in [2.45, 2.75) is 69.0 Å². The summed E-state index contributed by atoms with van der Waals surface area (Å²) >= 11 is 7.42. The summed E-state index contributed by atoms with van der Waals surface area (Å²) in [7, 11) is 0. The van der Waals surface area contributed by atoms with Gasteiger partial charge in [0, 0.05) is 17.2 Å². The zero-order valence-electron chi connectivity index (χ0n) is 15.5. The summed E-state index contributed by atoms with van der Waals surface area (Å²) in [6.45, 7) is 1.66. The lowest BCUT2D eigenvalue weighted by atomic mass is 9.71. The molecule has 1 N–H and O–H groups in total. The molecule has 9 heteroatoms. The average molecular weight is 422 g/mol. The summed E-state index contributed by atoms with van der Waals surface area (Å²) in [6.07, 6.45) is 5.95.